The van der Waals surface area contributed by atoms with Crippen molar-refractivity contribution < 1.29 is 0 Å². The summed E-state index contributed by atoms with van der Waals surface area (Å²) in [5, 5.41) is 10.0. The fraction of sp³-hybridized carbons (Fsp3) is 0.133. The molecule has 3 aromatic rings. The summed E-state index contributed by atoms with van der Waals surface area (Å²) in [6.45, 7) is 0. The van der Waals surface area contributed by atoms with Crippen LogP contribution in [0.15, 0.2) is 51.8 Å². The van der Waals surface area contributed by atoms with Gasteiger partial charge in [0.1, 0.15) is 0 Å². The molecule has 0 aliphatic carbocycles. The van der Waals surface area contributed by atoms with Crippen molar-refractivity contribution in [3.8, 4) is 0 Å². The highest BCUT2D eigenvalue weighted by atomic mass is 79.9. The number of nitrogens with zero attached hydrogens (tertiary/aromatic N) is 1. The van der Waals surface area contributed by atoms with Crippen LogP contribution in [-0.4, -0.2) is 12.0 Å². The molecule has 19 heavy (non-hydrogen) atoms. The largest absolute Gasteiger partial charge is 0.308 e. The molecule has 2 heterocycles. The van der Waals surface area contributed by atoms with Crippen molar-refractivity contribution in [2.45, 2.75) is 6.04 Å². The molecule has 2 nitrogen and oxygen atoms in total. The van der Waals surface area contributed by atoms with E-state index in [1.165, 1.54) is 16.3 Å². The van der Waals surface area contributed by atoms with Crippen LogP contribution in [0.4, 0.5) is 0 Å². The van der Waals surface area contributed by atoms with Crippen molar-refractivity contribution in [2.75, 3.05) is 7.05 Å². The summed E-state index contributed by atoms with van der Waals surface area (Å²) in [4.78, 5) is 4.60. The SMILES string of the molecule is CNC(c1cscc1Br)c1nccc2ccccc12. The molecule has 3 rings (SSSR count). The first-order valence-corrected chi connectivity index (χ1v) is 7.77. The van der Waals surface area contributed by atoms with Gasteiger partial charge in [0.2, 0.25) is 0 Å². The summed E-state index contributed by atoms with van der Waals surface area (Å²) in [5.74, 6) is 0. The second-order valence-corrected chi connectivity index (χ2v) is 5.91. The van der Waals surface area contributed by atoms with Gasteiger partial charge in [-0.1, -0.05) is 24.3 Å². The first-order chi connectivity index (χ1) is 9.31. The predicted molar refractivity (Wildman–Crippen MR) is 84.7 cm³/mol. The zero-order valence-corrected chi connectivity index (χ0v) is 12.8. The molecule has 2 aromatic heterocycles. The lowest BCUT2D eigenvalue weighted by molar-refractivity contribution is 0.677. The van der Waals surface area contributed by atoms with Crippen molar-refractivity contribution in [3.63, 3.8) is 0 Å². The third kappa shape index (κ3) is 2.31. The van der Waals surface area contributed by atoms with E-state index in [0.29, 0.717) is 0 Å². The number of thiophene rings is 1. The Balaban J connectivity index is 2.20. The lowest BCUT2D eigenvalue weighted by Crippen LogP contribution is -2.19. The highest BCUT2D eigenvalue weighted by molar-refractivity contribution is 9.10. The van der Waals surface area contributed by atoms with E-state index in [0.717, 1.165) is 10.2 Å². The van der Waals surface area contributed by atoms with Crippen LogP contribution in [0.5, 0.6) is 0 Å². The molecule has 0 radical (unpaired) electrons. The molecule has 0 aliphatic rings. The minimum absolute atomic E-state index is 0.103. The number of hydrogen-bond donors (Lipinski definition) is 1. The molecule has 0 spiro atoms. The van der Waals surface area contributed by atoms with E-state index in [4.69, 9.17) is 0 Å². The second kappa shape index (κ2) is 5.41. The van der Waals surface area contributed by atoms with Crippen LogP contribution in [0.1, 0.15) is 17.3 Å². The quantitative estimate of drug-likeness (QED) is 0.770. The molecule has 1 N–H and O–H groups in total. The molecule has 1 unspecified atom stereocenters. The number of fused-ring (bicyclic) bond motifs is 1. The first kappa shape index (κ1) is 12.8. The Morgan fingerprint density at radius 2 is 2.05 bits per heavy atom. The van der Waals surface area contributed by atoms with Gasteiger partial charge in [-0.2, -0.15) is 11.3 Å². The minimum Gasteiger partial charge on any atom is -0.308 e. The van der Waals surface area contributed by atoms with Crippen LogP contribution in [0, 0.1) is 0 Å². The molecular weight excluding hydrogens is 320 g/mol. The lowest BCUT2D eigenvalue weighted by atomic mass is 10.0. The monoisotopic (exact) mass is 332 g/mol. The molecule has 0 amide bonds. The van der Waals surface area contributed by atoms with Gasteiger partial charge in [-0.3, -0.25) is 4.98 Å². The third-order valence-corrected chi connectivity index (χ3v) is 4.97. The Bertz CT molecular complexity index is 703. The maximum absolute atomic E-state index is 4.60. The van der Waals surface area contributed by atoms with Crippen molar-refractivity contribution in [1.29, 1.82) is 0 Å². The van der Waals surface area contributed by atoms with E-state index in [9.17, 15) is 0 Å². The summed E-state index contributed by atoms with van der Waals surface area (Å²) in [6, 6.07) is 10.5. The van der Waals surface area contributed by atoms with Crippen LogP contribution in [-0.2, 0) is 0 Å². The fourth-order valence-electron chi connectivity index (χ4n) is 2.31. The molecule has 0 saturated heterocycles. The first-order valence-electron chi connectivity index (χ1n) is 6.03. The molecule has 4 heteroatoms. The van der Waals surface area contributed by atoms with E-state index in [2.05, 4.69) is 61.3 Å². The molecule has 0 aliphatic heterocycles. The highest BCUT2D eigenvalue weighted by Gasteiger charge is 2.19. The van der Waals surface area contributed by atoms with Gasteiger partial charge in [0, 0.05) is 27.0 Å². The molecule has 0 fully saturated rings. The Kier molecular flexibility index (Phi) is 3.64. The number of aromatic nitrogens is 1. The second-order valence-electron chi connectivity index (χ2n) is 4.31. The van der Waals surface area contributed by atoms with Gasteiger partial charge in [-0.15, -0.1) is 0 Å². The topological polar surface area (TPSA) is 24.9 Å². The van der Waals surface area contributed by atoms with Gasteiger partial charge in [0.25, 0.3) is 0 Å². The number of rotatable bonds is 3. The summed E-state index contributed by atoms with van der Waals surface area (Å²) >= 11 is 5.31. The highest BCUT2D eigenvalue weighted by Crippen LogP contribution is 2.33. The fourth-order valence-corrected chi connectivity index (χ4v) is 3.86. The van der Waals surface area contributed by atoms with Crippen molar-refractivity contribution in [2.24, 2.45) is 0 Å². The summed E-state index contributed by atoms with van der Waals surface area (Å²) < 4.78 is 1.13. The van der Waals surface area contributed by atoms with Gasteiger partial charge < -0.3 is 5.32 Å². The summed E-state index contributed by atoms with van der Waals surface area (Å²) in [6.07, 6.45) is 1.88. The number of nitrogens with one attached hydrogen (secondary N) is 1. The smallest absolute Gasteiger partial charge is 0.0774 e. The van der Waals surface area contributed by atoms with Crippen LogP contribution >= 0.6 is 27.3 Å². The zero-order chi connectivity index (χ0) is 13.2. The molecule has 0 bridgehead atoms. The van der Waals surface area contributed by atoms with E-state index in [1.807, 2.05) is 19.3 Å². The van der Waals surface area contributed by atoms with Gasteiger partial charge in [-0.25, -0.2) is 0 Å². The van der Waals surface area contributed by atoms with E-state index in [-0.39, 0.29) is 6.04 Å². The minimum atomic E-state index is 0.103. The van der Waals surface area contributed by atoms with Crippen LogP contribution in [0.25, 0.3) is 10.8 Å². The van der Waals surface area contributed by atoms with Crippen LogP contribution < -0.4 is 5.32 Å². The van der Waals surface area contributed by atoms with E-state index in [1.54, 1.807) is 11.3 Å². The van der Waals surface area contributed by atoms with Crippen LogP contribution in [0.2, 0.25) is 0 Å². The molecule has 1 atom stereocenters. The maximum Gasteiger partial charge on any atom is 0.0774 e. The predicted octanol–water partition coefficient (Wildman–Crippen LogP) is 4.37. The molecule has 0 saturated carbocycles. The Hall–Kier alpha value is -1.23. The summed E-state index contributed by atoms with van der Waals surface area (Å²) in [7, 11) is 1.97. The number of benzene rings is 1. The maximum atomic E-state index is 4.60. The number of hydrogen-bond acceptors (Lipinski definition) is 3. The number of pyridine rings is 1. The molecule has 1 aromatic carbocycles. The normalized spacial score (nSPS) is 12.7. The van der Waals surface area contributed by atoms with E-state index >= 15 is 0 Å². The Labute approximate surface area is 124 Å². The Morgan fingerprint density at radius 1 is 1.21 bits per heavy atom. The average Bonchev–Trinajstić information content (AvgIpc) is 2.86. The average molecular weight is 333 g/mol. The van der Waals surface area contributed by atoms with Gasteiger partial charge in [-0.05, 0) is 39.8 Å². The summed E-state index contributed by atoms with van der Waals surface area (Å²) in [5.41, 5.74) is 2.30. The number of halogens is 1. The Morgan fingerprint density at radius 3 is 2.79 bits per heavy atom. The van der Waals surface area contributed by atoms with Crippen LogP contribution in [0.3, 0.4) is 0 Å². The van der Waals surface area contributed by atoms with Crippen molar-refractivity contribution in [3.05, 3.63) is 63.0 Å². The van der Waals surface area contributed by atoms with Crippen molar-refractivity contribution in [1.82, 2.24) is 10.3 Å². The molecular formula is C15H13BrN2S. The zero-order valence-electron chi connectivity index (χ0n) is 10.4. The van der Waals surface area contributed by atoms with Crippen molar-refractivity contribution >= 4 is 38.0 Å². The van der Waals surface area contributed by atoms with Gasteiger partial charge >= 0.3 is 0 Å². The third-order valence-electron chi connectivity index (χ3n) is 3.22. The lowest BCUT2D eigenvalue weighted by Gasteiger charge is -2.17. The van der Waals surface area contributed by atoms with E-state index < -0.39 is 0 Å². The molecule has 96 valence electrons. The van der Waals surface area contributed by atoms with Gasteiger partial charge in [0.05, 0.1) is 11.7 Å². The standard InChI is InChI=1S/C15H13BrN2S/c1-17-14(12-8-19-9-13(12)16)15-11-5-3-2-4-10(11)6-7-18-15/h2-9,14,17H,1H3. The van der Waals surface area contributed by atoms with Gasteiger partial charge in [0.15, 0.2) is 0 Å².